The minimum atomic E-state index is -0.193. The number of nitrogens with zero attached hydrogens (tertiary/aromatic N) is 2. The van der Waals surface area contributed by atoms with Crippen LogP contribution < -0.4 is 0 Å². The molecule has 1 unspecified atom stereocenters. The van der Waals surface area contributed by atoms with Crippen molar-refractivity contribution in [2.24, 2.45) is 15.6 Å². The summed E-state index contributed by atoms with van der Waals surface area (Å²) in [5, 5.41) is 8.08. The summed E-state index contributed by atoms with van der Waals surface area (Å²) in [7, 11) is 0. The molecule has 12 heavy (non-hydrogen) atoms. The van der Waals surface area contributed by atoms with Gasteiger partial charge in [0.25, 0.3) is 0 Å². The van der Waals surface area contributed by atoms with Gasteiger partial charge in [-0.2, -0.15) is 10.2 Å². The summed E-state index contributed by atoms with van der Waals surface area (Å²) in [6.45, 7) is 6.10. The molecule has 1 aliphatic rings. The molecule has 0 aromatic carbocycles. The maximum atomic E-state index is 5.46. The van der Waals surface area contributed by atoms with E-state index in [2.05, 4.69) is 23.0 Å². The Kier molecular flexibility index (Phi) is 2.32. The van der Waals surface area contributed by atoms with Crippen LogP contribution in [0.1, 0.15) is 33.6 Å². The van der Waals surface area contributed by atoms with E-state index in [0.29, 0.717) is 0 Å². The van der Waals surface area contributed by atoms with Crippen molar-refractivity contribution in [2.75, 3.05) is 0 Å². The predicted molar refractivity (Wildman–Crippen MR) is 52.4 cm³/mol. The molecule has 1 heterocycles. The van der Waals surface area contributed by atoms with Crippen LogP contribution in [-0.2, 0) is 0 Å². The van der Waals surface area contributed by atoms with Crippen LogP contribution in [0.25, 0.3) is 0 Å². The first kappa shape index (κ1) is 8.99. The third kappa shape index (κ3) is 1.40. The normalized spacial score (nSPS) is 20.8. The molecule has 0 bridgehead atoms. The smallest absolute Gasteiger partial charge is 0.0684 e. The Morgan fingerprint density at radius 3 is 2.58 bits per heavy atom. The molecule has 64 valence electrons. The van der Waals surface area contributed by atoms with Crippen LogP contribution in [-0.4, -0.2) is 11.4 Å². The van der Waals surface area contributed by atoms with Gasteiger partial charge in [0.05, 0.1) is 11.1 Å². The third-order valence-electron chi connectivity index (χ3n) is 2.43. The van der Waals surface area contributed by atoms with Gasteiger partial charge in [0, 0.05) is 12.1 Å². The summed E-state index contributed by atoms with van der Waals surface area (Å²) in [6, 6.07) is 0. The topological polar surface area (TPSA) is 24.7 Å². The predicted octanol–water partition coefficient (Wildman–Crippen LogP) is 2.26. The van der Waals surface area contributed by atoms with Crippen molar-refractivity contribution in [3.63, 3.8) is 0 Å². The van der Waals surface area contributed by atoms with E-state index in [0.717, 1.165) is 24.3 Å². The second-order valence-electron chi connectivity index (χ2n) is 3.39. The van der Waals surface area contributed by atoms with Crippen molar-refractivity contribution >= 4 is 11.4 Å². The average Bonchev–Trinajstić information content (AvgIpc) is 2.51. The molecule has 0 saturated heterocycles. The van der Waals surface area contributed by atoms with Gasteiger partial charge in [-0.05, 0) is 20.3 Å². The van der Waals surface area contributed by atoms with Crippen LogP contribution in [0.5, 0.6) is 0 Å². The Morgan fingerprint density at radius 1 is 1.58 bits per heavy atom. The van der Waals surface area contributed by atoms with Gasteiger partial charge in [0.1, 0.15) is 0 Å². The molecule has 0 fully saturated rings. The van der Waals surface area contributed by atoms with Gasteiger partial charge in [0.15, 0.2) is 0 Å². The van der Waals surface area contributed by atoms with Crippen LogP contribution >= 0.6 is 0 Å². The van der Waals surface area contributed by atoms with Crippen molar-refractivity contribution < 1.29 is 0 Å². The maximum absolute atomic E-state index is 5.46. The SMILES string of the molecule is C#CC(C)(CC)C1=NN=C(C)C1. The van der Waals surface area contributed by atoms with Gasteiger partial charge in [-0.1, -0.05) is 12.8 Å². The molecule has 0 N–H and O–H groups in total. The van der Waals surface area contributed by atoms with Crippen LogP contribution in [0.4, 0.5) is 0 Å². The van der Waals surface area contributed by atoms with E-state index in [-0.39, 0.29) is 5.41 Å². The lowest BCUT2D eigenvalue weighted by Gasteiger charge is -2.20. The summed E-state index contributed by atoms with van der Waals surface area (Å²) < 4.78 is 0. The van der Waals surface area contributed by atoms with Crippen LogP contribution in [0.3, 0.4) is 0 Å². The lowest BCUT2D eigenvalue weighted by molar-refractivity contribution is 0.591. The minimum Gasteiger partial charge on any atom is -0.160 e. The highest BCUT2D eigenvalue weighted by atomic mass is 15.2. The van der Waals surface area contributed by atoms with Gasteiger partial charge in [0.2, 0.25) is 0 Å². The fourth-order valence-corrected chi connectivity index (χ4v) is 1.15. The quantitative estimate of drug-likeness (QED) is 0.556. The first-order chi connectivity index (χ1) is 5.62. The van der Waals surface area contributed by atoms with E-state index < -0.39 is 0 Å². The number of hydrogen-bond acceptors (Lipinski definition) is 2. The molecular weight excluding hydrogens is 148 g/mol. The average molecular weight is 162 g/mol. The fraction of sp³-hybridized carbons (Fsp3) is 0.600. The molecular formula is C10H14N2. The highest BCUT2D eigenvalue weighted by Crippen LogP contribution is 2.26. The highest BCUT2D eigenvalue weighted by Gasteiger charge is 2.28. The lowest BCUT2D eigenvalue weighted by Crippen LogP contribution is -2.24. The number of rotatable bonds is 2. The first-order valence-electron chi connectivity index (χ1n) is 4.20. The summed E-state index contributed by atoms with van der Waals surface area (Å²) >= 11 is 0. The Balaban J connectivity index is 2.80. The zero-order chi connectivity index (χ0) is 9.19. The summed E-state index contributed by atoms with van der Waals surface area (Å²) in [5.74, 6) is 2.79. The molecule has 0 saturated carbocycles. The van der Waals surface area contributed by atoms with Crippen LogP contribution in [0.15, 0.2) is 10.2 Å². The van der Waals surface area contributed by atoms with Gasteiger partial charge >= 0.3 is 0 Å². The summed E-state index contributed by atoms with van der Waals surface area (Å²) in [5.41, 5.74) is 1.89. The Labute approximate surface area is 73.8 Å². The van der Waals surface area contributed by atoms with Crippen molar-refractivity contribution in [1.82, 2.24) is 0 Å². The van der Waals surface area contributed by atoms with Gasteiger partial charge in [-0.25, -0.2) is 0 Å². The van der Waals surface area contributed by atoms with E-state index >= 15 is 0 Å². The molecule has 1 rings (SSSR count). The van der Waals surface area contributed by atoms with Crippen molar-refractivity contribution in [1.29, 1.82) is 0 Å². The molecule has 0 amide bonds. The van der Waals surface area contributed by atoms with Crippen molar-refractivity contribution in [2.45, 2.75) is 33.6 Å². The van der Waals surface area contributed by atoms with E-state index in [4.69, 9.17) is 6.42 Å². The molecule has 1 aliphatic heterocycles. The second-order valence-corrected chi connectivity index (χ2v) is 3.39. The zero-order valence-electron chi connectivity index (χ0n) is 7.89. The molecule has 0 radical (unpaired) electrons. The zero-order valence-corrected chi connectivity index (χ0v) is 7.89. The molecule has 0 aromatic rings. The van der Waals surface area contributed by atoms with Crippen molar-refractivity contribution in [3.05, 3.63) is 0 Å². The molecule has 2 nitrogen and oxygen atoms in total. The Hall–Kier alpha value is -1.10. The number of hydrogen-bond donors (Lipinski definition) is 0. The van der Waals surface area contributed by atoms with Gasteiger partial charge in [-0.15, -0.1) is 6.42 Å². The first-order valence-corrected chi connectivity index (χ1v) is 4.20. The molecule has 2 heteroatoms. The van der Waals surface area contributed by atoms with Crippen molar-refractivity contribution in [3.8, 4) is 12.3 Å². The molecule has 0 aliphatic carbocycles. The van der Waals surface area contributed by atoms with E-state index in [1.807, 2.05) is 13.8 Å². The molecule has 0 aromatic heterocycles. The third-order valence-corrected chi connectivity index (χ3v) is 2.43. The van der Waals surface area contributed by atoms with E-state index in [9.17, 15) is 0 Å². The summed E-state index contributed by atoms with van der Waals surface area (Å²) in [4.78, 5) is 0. The maximum Gasteiger partial charge on any atom is 0.0684 e. The Morgan fingerprint density at radius 2 is 2.25 bits per heavy atom. The van der Waals surface area contributed by atoms with Gasteiger partial charge in [-0.3, -0.25) is 0 Å². The standard InChI is InChI=1S/C10H14N2/c1-5-10(4,6-2)9-7-8(3)11-12-9/h1H,6-7H2,2-4H3. The number of terminal acetylenes is 1. The second kappa shape index (κ2) is 3.10. The monoisotopic (exact) mass is 162 g/mol. The lowest BCUT2D eigenvalue weighted by atomic mass is 9.81. The molecule has 1 atom stereocenters. The highest BCUT2D eigenvalue weighted by molar-refractivity contribution is 6.09. The largest absolute Gasteiger partial charge is 0.160 e. The minimum absolute atomic E-state index is 0.193. The molecule has 0 spiro atoms. The van der Waals surface area contributed by atoms with Crippen LogP contribution in [0.2, 0.25) is 0 Å². The van der Waals surface area contributed by atoms with Crippen LogP contribution in [0, 0.1) is 17.8 Å². The summed E-state index contributed by atoms with van der Waals surface area (Å²) in [6.07, 6.45) is 7.22. The van der Waals surface area contributed by atoms with E-state index in [1.54, 1.807) is 0 Å². The van der Waals surface area contributed by atoms with Gasteiger partial charge < -0.3 is 0 Å². The van der Waals surface area contributed by atoms with E-state index in [1.165, 1.54) is 0 Å². The fourth-order valence-electron chi connectivity index (χ4n) is 1.15. The Bertz CT molecular complexity index is 281.